The molecule has 0 saturated heterocycles. The lowest BCUT2D eigenvalue weighted by Crippen LogP contribution is -2.47. The zero-order chi connectivity index (χ0) is 23.6. The molecule has 4 rings (SSSR count). The van der Waals surface area contributed by atoms with E-state index < -0.39 is 17.9 Å². The Labute approximate surface area is 191 Å². The van der Waals surface area contributed by atoms with Gasteiger partial charge in [-0.3, -0.25) is 10.1 Å². The van der Waals surface area contributed by atoms with Crippen LogP contribution in [0, 0.1) is 5.82 Å². The van der Waals surface area contributed by atoms with Crippen LogP contribution >= 0.6 is 0 Å². The predicted molar refractivity (Wildman–Crippen MR) is 123 cm³/mol. The first-order valence-electron chi connectivity index (χ1n) is 10.6. The number of benzene rings is 1. The number of ether oxygens (including phenoxy) is 1. The van der Waals surface area contributed by atoms with Crippen LogP contribution in [-0.4, -0.2) is 38.5 Å². The SMILES string of the molecule is CC(C)(C)OC(=O)NC1C=CC(C(=O)c2c[nH]c3ncccc23)=CN1Cc1ccccc1F. The van der Waals surface area contributed by atoms with E-state index in [4.69, 9.17) is 4.74 Å². The van der Waals surface area contributed by atoms with Gasteiger partial charge in [0.25, 0.3) is 0 Å². The number of rotatable bonds is 5. The maximum Gasteiger partial charge on any atom is 0.409 e. The van der Waals surface area contributed by atoms with Crippen molar-refractivity contribution in [1.29, 1.82) is 0 Å². The van der Waals surface area contributed by atoms with Crippen LogP contribution in [0.4, 0.5) is 9.18 Å². The predicted octanol–water partition coefficient (Wildman–Crippen LogP) is 4.69. The maximum absolute atomic E-state index is 14.4. The quantitative estimate of drug-likeness (QED) is 0.553. The summed E-state index contributed by atoms with van der Waals surface area (Å²) in [4.78, 5) is 34.6. The van der Waals surface area contributed by atoms with E-state index in [2.05, 4.69) is 15.3 Å². The number of fused-ring (bicyclic) bond motifs is 1. The third kappa shape index (κ3) is 5.11. The third-order valence-corrected chi connectivity index (χ3v) is 5.05. The van der Waals surface area contributed by atoms with Gasteiger partial charge in [-0.1, -0.05) is 18.2 Å². The summed E-state index contributed by atoms with van der Waals surface area (Å²) in [5.74, 6) is -0.577. The maximum atomic E-state index is 14.4. The number of nitrogens with one attached hydrogen (secondary N) is 2. The minimum absolute atomic E-state index is 0.143. The fourth-order valence-corrected chi connectivity index (χ4v) is 3.57. The summed E-state index contributed by atoms with van der Waals surface area (Å²) < 4.78 is 19.7. The molecule has 7 nitrogen and oxygen atoms in total. The molecule has 0 bridgehead atoms. The van der Waals surface area contributed by atoms with Crippen LogP contribution in [0.1, 0.15) is 36.7 Å². The number of carbonyl (C=O) groups is 2. The highest BCUT2D eigenvalue weighted by molar-refractivity contribution is 6.17. The van der Waals surface area contributed by atoms with Crippen LogP contribution in [-0.2, 0) is 11.3 Å². The smallest absolute Gasteiger partial charge is 0.409 e. The summed E-state index contributed by atoms with van der Waals surface area (Å²) in [5.41, 5.74) is 1.27. The lowest BCUT2D eigenvalue weighted by atomic mass is 10.0. The summed E-state index contributed by atoms with van der Waals surface area (Å²) in [6, 6.07) is 9.98. The van der Waals surface area contributed by atoms with E-state index in [0.717, 1.165) is 0 Å². The average Bonchev–Trinajstić information content (AvgIpc) is 3.19. The number of alkyl carbamates (subject to hydrolysis) is 1. The third-order valence-electron chi connectivity index (χ3n) is 5.05. The number of Topliss-reactive ketones (excluding diaryl/α,β-unsaturated/α-hetero) is 1. The van der Waals surface area contributed by atoms with Crippen molar-refractivity contribution in [2.24, 2.45) is 0 Å². The monoisotopic (exact) mass is 448 g/mol. The summed E-state index contributed by atoms with van der Waals surface area (Å²) in [5, 5.41) is 3.49. The Morgan fingerprint density at radius 2 is 2.00 bits per heavy atom. The van der Waals surface area contributed by atoms with E-state index in [1.165, 1.54) is 6.07 Å². The number of carbonyl (C=O) groups excluding carboxylic acids is 2. The van der Waals surface area contributed by atoms with Gasteiger partial charge in [0.2, 0.25) is 0 Å². The molecule has 0 saturated carbocycles. The van der Waals surface area contributed by atoms with Gasteiger partial charge in [0, 0.05) is 47.2 Å². The highest BCUT2D eigenvalue weighted by Crippen LogP contribution is 2.24. The number of amides is 1. The molecule has 2 N–H and O–H groups in total. The standard InChI is InChI=1S/C25H25FN4O3/c1-25(2,3)33-24(32)29-21-11-10-17(15-30(21)14-16-7-4-5-9-20(16)26)22(31)19-13-28-23-18(19)8-6-12-27-23/h4-13,15,21H,14H2,1-3H3,(H,27,28)(H,29,32). The number of pyridine rings is 1. The van der Waals surface area contributed by atoms with Crippen molar-refractivity contribution < 1.29 is 18.7 Å². The fourth-order valence-electron chi connectivity index (χ4n) is 3.57. The first kappa shape index (κ1) is 22.3. The van der Waals surface area contributed by atoms with E-state index in [1.54, 1.807) is 80.7 Å². The average molecular weight is 448 g/mol. The number of aromatic amines is 1. The minimum Gasteiger partial charge on any atom is -0.444 e. The van der Waals surface area contributed by atoms with Crippen LogP contribution in [0.5, 0.6) is 0 Å². The summed E-state index contributed by atoms with van der Waals surface area (Å²) in [7, 11) is 0. The molecule has 3 heterocycles. The highest BCUT2D eigenvalue weighted by atomic mass is 19.1. The van der Waals surface area contributed by atoms with Crippen LogP contribution in [0.2, 0.25) is 0 Å². The second-order valence-electron chi connectivity index (χ2n) is 8.73. The second-order valence-corrected chi connectivity index (χ2v) is 8.73. The Morgan fingerprint density at radius 3 is 2.76 bits per heavy atom. The number of hydrogen-bond acceptors (Lipinski definition) is 5. The molecule has 0 spiro atoms. The highest BCUT2D eigenvalue weighted by Gasteiger charge is 2.26. The molecule has 1 amide bonds. The molecule has 2 aromatic heterocycles. The van der Waals surface area contributed by atoms with Crippen molar-refractivity contribution in [2.45, 2.75) is 39.1 Å². The van der Waals surface area contributed by atoms with Crippen LogP contribution in [0.3, 0.4) is 0 Å². The molecule has 0 radical (unpaired) electrons. The lowest BCUT2D eigenvalue weighted by Gasteiger charge is -2.33. The first-order chi connectivity index (χ1) is 15.7. The number of aromatic nitrogens is 2. The Kier molecular flexibility index (Phi) is 6.00. The van der Waals surface area contributed by atoms with Crippen LogP contribution < -0.4 is 5.32 Å². The summed E-state index contributed by atoms with van der Waals surface area (Å²) in [6.45, 7) is 5.46. The van der Waals surface area contributed by atoms with Crippen LogP contribution in [0.25, 0.3) is 11.0 Å². The molecular formula is C25H25FN4O3. The zero-order valence-corrected chi connectivity index (χ0v) is 18.6. The van der Waals surface area contributed by atoms with Gasteiger partial charge in [0.1, 0.15) is 23.2 Å². The molecule has 1 aromatic carbocycles. The van der Waals surface area contributed by atoms with Gasteiger partial charge in [0.05, 0.1) is 0 Å². The number of allylic oxidation sites excluding steroid dienone is 2. The van der Waals surface area contributed by atoms with E-state index in [-0.39, 0.29) is 18.1 Å². The molecule has 33 heavy (non-hydrogen) atoms. The Hall–Kier alpha value is -3.94. The largest absolute Gasteiger partial charge is 0.444 e. The van der Waals surface area contributed by atoms with E-state index in [9.17, 15) is 14.0 Å². The van der Waals surface area contributed by atoms with Gasteiger partial charge in [0.15, 0.2) is 5.78 Å². The van der Waals surface area contributed by atoms with Gasteiger partial charge in [-0.05, 0) is 51.1 Å². The fraction of sp³-hybridized carbons (Fsp3) is 0.240. The minimum atomic E-state index is -0.667. The van der Waals surface area contributed by atoms with Crippen molar-refractivity contribution in [1.82, 2.24) is 20.2 Å². The summed E-state index contributed by atoms with van der Waals surface area (Å²) >= 11 is 0. The summed E-state index contributed by atoms with van der Waals surface area (Å²) in [6.07, 6.45) is 7.01. The van der Waals surface area contributed by atoms with Crippen molar-refractivity contribution in [2.75, 3.05) is 0 Å². The number of ketones is 1. The van der Waals surface area contributed by atoms with Gasteiger partial charge < -0.3 is 14.6 Å². The van der Waals surface area contributed by atoms with Gasteiger partial charge in [-0.25, -0.2) is 14.2 Å². The molecular weight excluding hydrogens is 423 g/mol. The molecule has 170 valence electrons. The number of nitrogens with zero attached hydrogens (tertiary/aromatic N) is 2. The number of hydrogen-bond donors (Lipinski definition) is 2. The first-order valence-corrected chi connectivity index (χ1v) is 10.6. The molecule has 1 aliphatic heterocycles. The molecule has 8 heteroatoms. The molecule has 0 fully saturated rings. The van der Waals surface area contributed by atoms with Crippen molar-refractivity contribution in [3.63, 3.8) is 0 Å². The Bertz CT molecular complexity index is 1260. The van der Waals surface area contributed by atoms with Gasteiger partial charge >= 0.3 is 6.09 Å². The zero-order valence-electron chi connectivity index (χ0n) is 18.6. The molecule has 1 unspecified atom stereocenters. The van der Waals surface area contributed by atoms with Crippen LogP contribution in [0.15, 0.2) is 72.7 Å². The van der Waals surface area contributed by atoms with E-state index >= 15 is 0 Å². The Balaban J connectivity index is 1.63. The molecule has 1 aliphatic rings. The van der Waals surface area contributed by atoms with Crippen molar-refractivity contribution in [3.05, 3.63) is 89.7 Å². The van der Waals surface area contributed by atoms with E-state index in [0.29, 0.717) is 27.7 Å². The van der Waals surface area contributed by atoms with Gasteiger partial charge in [-0.2, -0.15) is 0 Å². The number of H-pyrrole nitrogens is 1. The molecule has 1 atom stereocenters. The van der Waals surface area contributed by atoms with Crippen molar-refractivity contribution in [3.8, 4) is 0 Å². The lowest BCUT2D eigenvalue weighted by molar-refractivity contribution is 0.0469. The normalized spacial score (nSPS) is 15.9. The van der Waals surface area contributed by atoms with Crippen molar-refractivity contribution >= 4 is 22.9 Å². The van der Waals surface area contributed by atoms with E-state index in [1.807, 2.05) is 6.07 Å². The molecule has 0 aliphatic carbocycles. The van der Waals surface area contributed by atoms with Gasteiger partial charge in [-0.15, -0.1) is 0 Å². The topological polar surface area (TPSA) is 87.3 Å². The Morgan fingerprint density at radius 1 is 1.21 bits per heavy atom. The number of halogens is 1. The molecule has 3 aromatic rings. The second kappa shape index (κ2) is 8.90.